The minimum absolute atomic E-state index is 0.220. The van der Waals surface area contributed by atoms with Crippen LogP contribution in [0.1, 0.15) is 35.9 Å². The molecule has 0 aliphatic carbocycles. The monoisotopic (exact) mass is 437 g/mol. The Hall–Kier alpha value is -2.30. The first-order valence-corrected chi connectivity index (χ1v) is 12.0. The summed E-state index contributed by atoms with van der Waals surface area (Å²) < 4.78 is 30.4. The van der Waals surface area contributed by atoms with Gasteiger partial charge in [0.15, 0.2) is 5.13 Å². The number of thiazole rings is 1. The van der Waals surface area contributed by atoms with Crippen molar-refractivity contribution in [2.45, 2.75) is 32.2 Å². The summed E-state index contributed by atoms with van der Waals surface area (Å²) in [6, 6.07) is 8.35. The van der Waals surface area contributed by atoms with Crippen molar-refractivity contribution >= 4 is 38.4 Å². The summed E-state index contributed by atoms with van der Waals surface area (Å²) in [5, 5.41) is 2.93. The second-order valence-electron chi connectivity index (χ2n) is 6.66. The van der Waals surface area contributed by atoms with Gasteiger partial charge in [-0.05, 0) is 19.8 Å². The van der Waals surface area contributed by atoms with Gasteiger partial charge in [-0.2, -0.15) is 4.31 Å². The van der Waals surface area contributed by atoms with E-state index in [-0.39, 0.29) is 16.6 Å². The van der Waals surface area contributed by atoms with E-state index in [1.165, 1.54) is 4.31 Å². The second kappa shape index (κ2) is 9.02. The Kier molecular flexibility index (Phi) is 6.66. The largest absolute Gasteiger partial charge is 0.462 e. The van der Waals surface area contributed by atoms with Crippen molar-refractivity contribution in [3.05, 3.63) is 35.2 Å². The molecule has 2 aromatic rings. The molecular weight excluding hydrogens is 414 g/mol. The lowest BCUT2D eigenvalue weighted by atomic mass is 10.0. The number of aromatic nitrogens is 1. The topological polar surface area (TPSA) is 106 Å². The van der Waals surface area contributed by atoms with Crippen LogP contribution in [-0.4, -0.2) is 55.0 Å². The minimum Gasteiger partial charge on any atom is -0.462 e. The highest BCUT2D eigenvalue weighted by molar-refractivity contribution is 7.88. The molecule has 156 valence electrons. The summed E-state index contributed by atoms with van der Waals surface area (Å²) in [5.74, 6) is -0.960. The van der Waals surface area contributed by atoms with Gasteiger partial charge in [0, 0.05) is 12.1 Å². The van der Waals surface area contributed by atoms with Gasteiger partial charge in [0.1, 0.15) is 10.9 Å². The van der Waals surface area contributed by atoms with E-state index < -0.39 is 27.9 Å². The predicted octanol–water partition coefficient (Wildman–Crippen LogP) is 2.74. The number of esters is 1. The molecule has 1 aromatic heterocycles. The molecule has 0 bridgehead atoms. The molecule has 1 fully saturated rings. The van der Waals surface area contributed by atoms with Gasteiger partial charge in [-0.3, -0.25) is 4.79 Å². The third-order valence-electron chi connectivity index (χ3n) is 4.55. The fourth-order valence-corrected chi connectivity index (χ4v) is 5.26. The average Bonchev–Trinajstić information content (AvgIpc) is 3.12. The van der Waals surface area contributed by atoms with Gasteiger partial charge >= 0.3 is 5.97 Å². The van der Waals surface area contributed by atoms with Crippen LogP contribution < -0.4 is 5.32 Å². The van der Waals surface area contributed by atoms with Crippen molar-refractivity contribution in [3.8, 4) is 11.3 Å². The number of ether oxygens (including phenoxy) is 1. The van der Waals surface area contributed by atoms with Crippen molar-refractivity contribution in [1.82, 2.24) is 9.29 Å². The Labute approximate surface area is 173 Å². The zero-order chi connectivity index (χ0) is 21.0. The van der Waals surface area contributed by atoms with Crippen LogP contribution in [0.3, 0.4) is 0 Å². The van der Waals surface area contributed by atoms with Crippen molar-refractivity contribution in [1.29, 1.82) is 0 Å². The highest BCUT2D eigenvalue weighted by Crippen LogP contribution is 2.32. The number of anilines is 1. The highest BCUT2D eigenvalue weighted by atomic mass is 32.2. The summed E-state index contributed by atoms with van der Waals surface area (Å²) >= 11 is 1.02. The van der Waals surface area contributed by atoms with Crippen LogP contribution in [-0.2, 0) is 19.6 Å². The van der Waals surface area contributed by atoms with Gasteiger partial charge in [0.25, 0.3) is 0 Å². The number of sulfonamides is 1. The molecule has 1 aliphatic rings. The fraction of sp³-hybridized carbons (Fsp3) is 0.421. The first-order chi connectivity index (χ1) is 13.8. The predicted molar refractivity (Wildman–Crippen MR) is 111 cm³/mol. The van der Waals surface area contributed by atoms with Crippen molar-refractivity contribution in [3.63, 3.8) is 0 Å². The minimum atomic E-state index is -3.50. The van der Waals surface area contributed by atoms with Crippen molar-refractivity contribution < 1.29 is 22.7 Å². The molecule has 0 saturated carbocycles. The van der Waals surface area contributed by atoms with E-state index in [0.717, 1.165) is 36.0 Å². The van der Waals surface area contributed by atoms with Gasteiger partial charge in [0.05, 0.1) is 18.6 Å². The Morgan fingerprint density at radius 1 is 1.28 bits per heavy atom. The molecule has 1 atom stereocenters. The number of amides is 1. The molecule has 1 aromatic carbocycles. The third kappa shape index (κ3) is 5.01. The summed E-state index contributed by atoms with van der Waals surface area (Å²) in [4.78, 5) is 29.9. The van der Waals surface area contributed by atoms with Crippen LogP contribution in [0.5, 0.6) is 0 Å². The molecule has 10 heteroatoms. The van der Waals surface area contributed by atoms with E-state index in [1.807, 2.05) is 30.3 Å². The van der Waals surface area contributed by atoms with E-state index >= 15 is 0 Å². The number of hydrogen-bond acceptors (Lipinski definition) is 7. The van der Waals surface area contributed by atoms with Crippen LogP contribution in [0.4, 0.5) is 5.13 Å². The first-order valence-electron chi connectivity index (χ1n) is 9.32. The van der Waals surface area contributed by atoms with Crippen LogP contribution in [0.25, 0.3) is 11.3 Å². The Morgan fingerprint density at radius 3 is 2.66 bits per heavy atom. The molecule has 0 spiro atoms. The number of benzene rings is 1. The van der Waals surface area contributed by atoms with Crippen molar-refractivity contribution in [2.24, 2.45) is 0 Å². The lowest BCUT2D eigenvalue weighted by Crippen LogP contribution is -2.49. The van der Waals surface area contributed by atoms with Crippen LogP contribution >= 0.6 is 11.3 Å². The molecule has 1 unspecified atom stereocenters. The molecule has 1 saturated heterocycles. The summed E-state index contributed by atoms with van der Waals surface area (Å²) in [6.07, 6.45) is 3.04. The average molecular weight is 438 g/mol. The van der Waals surface area contributed by atoms with Crippen LogP contribution in [0.15, 0.2) is 30.3 Å². The second-order valence-corrected chi connectivity index (χ2v) is 9.59. The molecular formula is C19H23N3O5S2. The van der Waals surface area contributed by atoms with Gasteiger partial charge in [-0.25, -0.2) is 18.2 Å². The summed E-state index contributed by atoms with van der Waals surface area (Å²) in [7, 11) is -3.50. The Balaban J connectivity index is 1.89. The van der Waals surface area contributed by atoms with Gasteiger partial charge < -0.3 is 10.1 Å². The zero-order valence-corrected chi connectivity index (χ0v) is 17.9. The molecule has 29 heavy (non-hydrogen) atoms. The lowest BCUT2D eigenvalue weighted by molar-refractivity contribution is -0.120. The first kappa shape index (κ1) is 21.4. The maximum atomic E-state index is 12.8. The Bertz CT molecular complexity index is 989. The molecule has 1 amide bonds. The Morgan fingerprint density at radius 2 is 2.00 bits per heavy atom. The number of nitrogens with one attached hydrogen (secondary N) is 1. The van der Waals surface area contributed by atoms with E-state index in [4.69, 9.17) is 4.74 Å². The molecule has 8 nitrogen and oxygen atoms in total. The number of carbonyl (C=O) groups excluding carboxylic acids is 2. The third-order valence-corrected chi connectivity index (χ3v) is 6.79. The van der Waals surface area contributed by atoms with Gasteiger partial charge in [-0.15, -0.1) is 0 Å². The van der Waals surface area contributed by atoms with Crippen LogP contribution in [0.2, 0.25) is 0 Å². The SMILES string of the molecule is CCOC(=O)c1sc(NC(=O)C2CCCCN2S(C)(=O)=O)nc1-c1ccccc1. The molecule has 0 radical (unpaired) electrons. The number of piperidine rings is 1. The van der Waals surface area contributed by atoms with Crippen molar-refractivity contribution in [2.75, 3.05) is 24.7 Å². The maximum Gasteiger partial charge on any atom is 0.350 e. The van der Waals surface area contributed by atoms with Gasteiger partial charge in [0.2, 0.25) is 15.9 Å². The fourth-order valence-electron chi connectivity index (χ4n) is 3.25. The van der Waals surface area contributed by atoms with Gasteiger partial charge in [-0.1, -0.05) is 48.1 Å². The van der Waals surface area contributed by atoms with E-state index in [1.54, 1.807) is 6.92 Å². The molecule has 2 heterocycles. The highest BCUT2D eigenvalue weighted by Gasteiger charge is 2.35. The van der Waals surface area contributed by atoms with Crippen LogP contribution in [0, 0.1) is 0 Å². The number of rotatable bonds is 6. The summed E-state index contributed by atoms with van der Waals surface area (Å²) in [5.41, 5.74) is 1.15. The zero-order valence-electron chi connectivity index (χ0n) is 16.3. The quantitative estimate of drug-likeness (QED) is 0.697. The normalized spacial score (nSPS) is 17.7. The summed E-state index contributed by atoms with van der Waals surface area (Å²) in [6.45, 7) is 2.25. The number of carbonyl (C=O) groups is 2. The standard InChI is InChI=1S/C19H23N3O5S2/c1-3-27-18(24)16-15(13-9-5-4-6-10-13)20-19(28-16)21-17(23)14-11-7-8-12-22(14)29(2,25)26/h4-6,9-10,14H,3,7-8,11-12H2,1-2H3,(H,20,21,23). The van der Waals surface area contributed by atoms with E-state index in [9.17, 15) is 18.0 Å². The lowest BCUT2D eigenvalue weighted by Gasteiger charge is -2.32. The molecule has 1 N–H and O–H groups in total. The smallest absolute Gasteiger partial charge is 0.350 e. The van der Waals surface area contributed by atoms with E-state index in [2.05, 4.69) is 10.3 Å². The maximum absolute atomic E-state index is 12.8. The number of hydrogen-bond donors (Lipinski definition) is 1. The number of nitrogens with zero attached hydrogens (tertiary/aromatic N) is 2. The molecule has 1 aliphatic heterocycles. The van der Waals surface area contributed by atoms with E-state index in [0.29, 0.717) is 18.7 Å². The molecule has 3 rings (SSSR count).